The highest BCUT2D eigenvalue weighted by Gasteiger charge is 2.13. The van der Waals surface area contributed by atoms with E-state index < -0.39 is 0 Å². The molecule has 0 radical (unpaired) electrons. The van der Waals surface area contributed by atoms with Gasteiger partial charge in [-0.2, -0.15) is 5.10 Å². The zero-order chi connectivity index (χ0) is 12.7. The third-order valence-electron chi connectivity index (χ3n) is 2.83. The zero-order valence-electron chi connectivity index (χ0n) is 9.55. The van der Waals surface area contributed by atoms with Gasteiger partial charge in [0.05, 0.1) is 5.52 Å². The summed E-state index contributed by atoms with van der Waals surface area (Å²) < 4.78 is 8.05. The van der Waals surface area contributed by atoms with Crippen LogP contribution in [0, 0.1) is 0 Å². The number of benzene rings is 1. The fourth-order valence-corrected chi connectivity index (χ4v) is 2.61. The number of halogens is 1. The number of para-hydroxylation sites is 1. The first kappa shape index (κ1) is 11.2. The third-order valence-corrected chi connectivity index (χ3v) is 3.41. The van der Waals surface area contributed by atoms with Gasteiger partial charge < -0.3 is 4.42 Å². The Morgan fingerprint density at radius 1 is 1.33 bits per heavy atom. The Morgan fingerprint density at radius 3 is 2.89 bits per heavy atom. The number of hydrogen-bond acceptors (Lipinski definition) is 3. The van der Waals surface area contributed by atoms with E-state index in [-0.39, 0.29) is 0 Å². The van der Waals surface area contributed by atoms with Crippen LogP contribution < -0.4 is 0 Å². The summed E-state index contributed by atoms with van der Waals surface area (Å²) in [5.41, 5.74) is 1.89. The highest BCUT2D eigenvalue weighted by Crippen LogP contribution is 2.32. The maximum atomic E-state index is 10.7. The molecule has 0 saturated carbocycles. The Labute approximate surface area is 111 Å². The maximum absolute atomic E-state index is 10.7. The standard InChI is InChI=1S/C13H9BrN2O2/c1-16-12-9(11-6-5-8(7-17)18-11)3-2-4-10(12)13(14)15-16/h2-7H,1H3. The van der Waals surface area contributed by atoms with E-state index in [9.17, 15) is 4.79 Å². The highest BCUT2D eigenvalue weighted by atomic mass is 79.9. The molecule has 2 aromatic heterocycles. The Morgan fingerprint density at radius 2 is 2.17 bits per heavy atom. The molecule has 0 atom stereocenters. The van der Waals surface area contributed by atoms with Crippen LogP contribution in [0.4, 0.5) is 0 Å². The molecule has 3 aromatic rings. The highest BCUT2D eigenvalue weighted by molar-refractivity contribution is 9.10. The van der Waals surface area contributed by atoms with Gasteiger partial charge in [-0.1, -0.05) is 6.07 Å². The lowest BCUT2D eigenvalue weighted by Crippen LogP contribution is -1.91. The van der Waals surface area contributed by atoms with Crippen molar-refractivity contribution in [2.24, 2.45) is 7.05 Å². The number of rotatable bonds is 2. The lowest BCUT2D eigenvalue weighted by atomic mass is 10.1. The van der Waals surface area contributed by atoms with Crippen LogP contribution in [0.1, 0.15) is 10.6 Å². The van der Waals surface area contributed by atoms with Crippen LogP contribution in [0.25, 0.3) is 22.2 Å². The quantitative estimate of drug-likeness (QED) is 0.682. The molecule has 0 aliphatic heterocycles. The number of carbonyl (C=O) groups excluding carboxylic acids is 1. The van der Waals surface area contributed by atoms with Crippen molar-refractivity contribution in [2.75, 3.05) is 0 Å². The van der Waals surface area contributed by atoms with E-state index in [1.165, 1.54) is 0 Å². The lowest BCUT2D eigenvalue weighted by Gasteiger charge is -2.01. The second kappa shape index (κ2) is 4.10. The molecule has 1 aromatic carbocycles. The first-order chi connectivity index (χ1) is 8.70. The molecule has 0 N–H and O–H groups in total. The first-order valence-electron chi connectivity index (χ1n) is 5.37. The van der Waals surface area contributed by atoms with E-state index in [1.807, 2.05) is 25.2 Å². The third kappa shape index (κ3) is 1.59. The number of aldehydes is 1. The number of fused-ring (bicyclic) bond motifs is 1. The van der Waals surface area contributed by atoms with E-state index in [0.29, 0.717) is 17.8 Å². The molecule has 0 amide bonds. The molecule has 0 saturated heterocycles. The average molecular weight is 305 g/mol. The Bertz CT molecular complexity index is 743. The fraction of sp³-hybridized carbons (Fsp3) is 0.0769. The summed E-state index contributed by atoms with van der Waals surface area (Å²) in [7, 11) is 1.88. The molecule has 0 fully saturated rings. The van der Waals surface area contributed by atoms with Gasteiger partial charge >= 0.3 is 0 Å². The predicted octanol–water partition coefficient (Wildman–Crippen LogP) is 3.41. The summed E-state index contributed by atoms with van der Waals surface area (Å²) in [5, 5.41) is 5.34. The van der Waals surface area contributed by atoms with Gasteiger partial charge in [0.2, 0.25) is 0 Å². The second-order valence-corrected chi connectivity index (χ2v) is 4.69. The minimum Gasteiger partial charge on any atom is -0.453 e. The van der Waals surface area contributed by atoms with Gasteiger partial charge in [0.25, 0.3) is 0 Å². The fourth-order valence-electron chi connectivity index (χ4n) is 2.05. The number of aryl methyl sites for hydroxylation is 1. The second-order valence-electron chi connectivity index (χ2n) is 3.94. The van der Waals surface area contributed by atoms with Gasteiger partial charge in [-0.05, 0) is 40.2 Å². The Balaban J connectivity index is 2.31. The molecule has 4 nitrogen and oxygen atoms in total. The summed E-state index contributed by atoms with van der Waals surface area (Å²) in [5.74, 6) is 0.987. The molecule has 0 spiro atoms. The number of carbonyl (C=O) groups is 1. The monoisotopic (exact) mass is 304 g/mol. The summed E-state index contributed by atoms with van der Waals surface area (Å²) in [6, 6.07) is 9.32. The molecular formula is C13H9BrN2O2. The van der Waals surface area contributed by atoms with Gasteiger partial charge in [-0.3, -0.25) is 9.48 Å². The van der Waals surface area contributed by atoms with Gasteiger partial charge in [0.1, 0.15) is 10.4 Å². The topological polar surface area (TPSA) is 48.0 Å². The van der Waals surface area contributed by atoms with Crippen molar-refractivity contribution in [1.82, 2.24) is 9.78 Å². The van der Waals surface area contributed by atoms with Gasteiger partial charge in [-0.25, -0.2) is 0 Å². The Hall–Kier alpha value is -1.88. The SMILES string of the molecule is Cn1nc(Br)c2cccc(-c3ccc(C=O)o3)c21. The molecule has 0 bridgehead atoms. The van der Waals surface area contributed by atoms with Gasteiger partial charge in [0.15, 0.2) is 12.0 Å². The van der Waals surface area contributed by atoms with Crippen LogP contribution in [-0.4, -0.2) is 16.1 Å². The summed E-state index contributed by atoms with van der Waals surface area (Å²) >= 11 is 3.42. The van der Waals surface area contributed by atoms with Crippen molar-refractivity contribution in [3.63, 3.8) is 0 Å². The van der Waals surface area contributed by atoms with E-state index in [1.54, 1.807) is 16.8 Å². The largest absolute Gasteiger partial charge is 0.453 e. The van der Waals surface area contributed by atoms with Crippen LogP contribution in [-0.2, 0) is 7.05 Å². The molecule has 3 rings (SSSR count). The molecule has 0 aliphatic carbocycles. The van der Waals surface area contributed by atoms with E-state index in [2.05, 4.69) is 21.0 Å². The van der Waals surface area contributed by atoms with Crippen molar-refractivity contribution in [1.29, 1.82) is 0 Å². The van der Waals surface area contributed by atoms with E-state index in [4.69, 9.17) is 4.42 Å². The molecule has 5 heteroatoms. The number of furan rings is 1. The van der Waals surface area contributed by atoms with Crippen molar-refractivity contribution >= 4 is 33.1 Å². The van der Waals surface area contributed by atoms with Crippen molar-refractivity contribution < 1.29 is 9.21 Å². The number of nitrogens with zero attached hydrogens (tertiary/aromatic N) is 2. The summed E-state index contributed by atoms with van der Waals surface area (Å²) in [4.78, 5) is 10.7. The summed E-state index contributed by atoms with van der Waals surface area (Å²) in [6.07, 6.45) is 0.697. The molecule has 2 heterocycles. The van der Waals surface area contributed by atoms with Crippen molar-refractivity contribution in [3.8, 4) is 11.3 Å². The number of aromatic nitrogens is 2. The van der Waals surface area contributed by atoms with Crippen LogP contribution in [0.2, 0.25) is 0 Å². The predicted molar refractivity (Wildman–Crippen MR) is 71.5 cm³/mol. The minimum absolute atomic E-state index is 0.322. The van der Waals surface area contributed by atoms with Crippen LogP contribution >= 0.6 is 15.9 Å². The molecule has 0 unspecified atom stereocenters. The van der Waals surface area contributed by atoms with Crippen LogP contribution in [0.15, 0.2) is 39.4 Å². The summed E-state index contributed by atoms with van der Waals surface area (Å²) in [6.45, 7) is 0. The average Bonchev–Trinajstić information content (AvgIpc) is 2.95. The normalized spacial score (nSPS) is 11.0. The van der Waals surface area contributed by atoms with E-state index in [0.717, 1.165) is 21.1 Å². The van der Waals surface area contributed by atoms with Crippen molar-refractivity contribution in [3.05, 3.63) is 40.7 Å². The first-order valence-corrected chi connectivity index (χ1v) is 6.16. The molecule has 18 heavy (non-hydrogen) atoms. The smallest absolute Gasteiger partial charge is 0.185 e. The zero-order valence-corrected chi connectivity index (χ0v) is 11.1. The van der Waals surface area contributed by atoms with Crippen LogP contribution in [0.5, 0.6) is 0 Å². The van der Waals surface area contributed by atoms with Crippen molar-refractivity contribution in [2.45, 2.75) is 0 Å². The Kier molecular flexibility index (Phi) is 2.56. The number of hydrogen-bond donors (Lipinski definition) is 0. The maximum Gasteiger partial charge on any atom is 0.185 e. The lowest BCUT2D eigenvalue weighted by molar-refractivity contribution is 0.110. The van der Waals surface area contributed by atoms with Crippen LogP contribution in [0.3, 0.4) is 0 Å². The van der Waals surface area contributed by atoms with Gasteiger partial charge in [0, 0.05) is 18.0 Å². The molecule has 90 valence electrons. The van der Waals surface area contributed by atoms with E-state index >= 15 is 0 Å². The van der Waals surface area contributed by atoms with Gasteiger partial charge in [-0.15, -0.1) is 0 Å². The molecule has 0 aliphatic rings. The minimum atomic E-state index is 0.322. The molecular weight excluding hydrogens is 296 g/mol.